The Labute approximate surface area is 229 Å². The molecular weight excluding hydrogens is 542 g/mol. The number of carbonyl (C=O) groups excluding carboxylic acids is 3. The first kappa shape index (κ1) is 27.5. The summed E-state index contributed by atoms with van der Waals surface area (Å²) in [6.45, 7) is 0.339. The lowest BCUT2D eigenvalue weighted by Gasteiger charge is -2.09. The number of esters is 1. The van der Waals surface area contributed by atoms with Crippen LogP contribution in [0.1, 0.15) is 36.8 Å². The van der Waals surface area contributed by atoms with E-state index in [9.17, 15) is 22.8 Å². The normalized spacial score (nSPS) is 10.9. The molecule has 4 aromatic rings. The van der Waals surface area contributed by atoms with Gasteiger partial charge in [-0.05, 0) is 72.6 Å². The highest BCUT2D eigenvalue weighted by Crippen LogP contribution is 2.14. The second-order valence-corrected chi connectivity index (χ2v) is 10.3. The Kier molecular flexibility index (Phi) is 8.70. The number of carbonyl (C=O) groups is 3. The zero-order valence-electron chi connectivity index (χ0n) is 20.3. The fourth-order valence-electron chi connectivity index (χ4n) is 3.40. The van der Waals surface area contributed by atoms with Crippen LogP contribution in [0.5, 0.6) is 5.75 Å². The van der Waals surface area contributed by atoms with Gasteiger partial charge in [0.15, 0.2) is 0 Å². The molecule has 0 aliphatic carbocycles. The minimum Gasteiger partial charge on any atom is -0.422 e. The Morgan fingerprint density at radius 2 is 1.46 bits per heavy atom. The van der Waals surface area contributed by atoms with Crippen LogP contribution in [-0.4, -0.2) is 37.7 Å². The summed E-state index contributed by atoms with van der Waals surface area (Å²) < 4.78 is 32.6. The van der Waals surface area contributed by atoms with Gasteiger partial charge in [-0.3, -0.25) is 9.59 Å². The van der Waals surface area contributed by atoms with Gasteiger partial charge in [-0.25, -0.2) is 22.9 Å². The van der Waals surface area contributed by atoms with Gasteiger partial charge in [0.2, 0.25) is 0 Å². The molecule has 39 heavy (non-hydrogen) atoms. The third kappa shape index (κ3) is 7.50. The van der Waals surface area contributed by atoms with Crippen molar-refractivity contribution in [1.29, 1.82) is 0 Å². The van der Waals surface area contributed by atoms with Gasteiger partial charge in [-0.2, -0.15) is 0 Å². The standard InChI is InChI=1S/C28H22ClN3O6S/c29-22-11-8-20(9-12-22)26(33)30-17-16-19-6-13-24(14-7-19)39(36,37)32-27(34)21-10-15-25(31-18-21)28(35)38-23-4-2-1-3-5-23/h1-15,18H,16-17H2,(H,30,33)(H,32,34). The Bertz CT molecular complexity index is 1580. The SMILES string of the molecule is O=C(NCCc1ccc(S(=O)(=O)NC(=O)c2ccc(C(=O)Oc3ccccc3)nc2)cc1)c1ccc(Cl)cc1. The van der Waals surface area contributed by atoms with E-state index in [0.717, 1.165) is 11.8 Å². The largest absolute Gasteiger partial charge is 0.422 e. The number of para-hydroxylation sites is 1. The van der Waals surface area contributed by atoms with Crippen LogP contribution in [0.15, 0.2) is 102 Å². The molecule has 198 valence electrons. The van der Waals surface area contributed by atoms with Gasteiger partial charge in [-0.1, -0.05) is 41.9 Å². The second-order valence-electron chi connectivity index (χ2n) is 8.23. The molecule has 2 N–H and O–H groups in total. The molecule has 2 amide bonds. The molecule has 3 aromatic carbocycles. The van der Waals surface area contributed by atoms with E-state index in [1.807, 2.05) is 4.72 Å². The smallest absolute Gasteiger partial charge is 0.362 e. The summed E-state index contributed by atoms with van der Waals surface area (Å²) in [6, 6.07) is 23.4. The molecule has 0 aliphatic heterocycles. The molecule has 0 bridgehead atoms. The molecule has 0 saturated heterocycles. The maximum absolute atomic E-state index is 12.7. The molecule has 0 radical (unpaired) electrons. The number of pyridine rings is 1. The van der Waals surface area contributed by atoms with Gasteiger partial charge in [0.25, 0.3) is 21.8 Å². The summed E-state index contributed by atoms with van der Waals surface area (Å²) in [5.74, 6) is -1.53. The minimum atomic E-state index is -4.16. The molecule has 9 nitrogen and oxygen atoms in total. The van der Waals surface area contributed by atoms with Crippen molar-refractivity contribution in [2.75, 3.05) is 6.54 Å². The van der Waals surface area contributed by atoms with Crippen LogP contribution >= 0.6 is 11.6 Å². The summed E-state index contributed by atoms with van der Waals surface area (Å²) >= 11 is 5.83. The first-order chi connectivity index (χ1) is 18.7. The first-order valence-corrected chi connectivity index (χ1v) is 13.5. The lowest BCUT2D eigenvalue weighted by molar-refractivity contribution is 0.0727. The third-order valence-corrected chi connectivity index (χ3v) is 7.05. The lowest BCUT2D eigenvalue weighted by Crippen LogP contribution is -2.30. The monoisotopic (exact) mass is 563 g/mol. The second kappa shape index (κ2) is 12.3. The lowest BCUT2D eigenvalue weighted by atomic mass is 10.1. The van der Waals surface area contributed by atoms with Gasteiger partial charge >= 0.3 is 5.97 Å². The average Bonchev–Trinajstić information content (AvgIpc) is 2.94. The molecule has 1 aromatic heterocycles. The van der Waals surface area contributed by atoms with E-state index in [1.165, 1.54) is 24.3 Å². The molecular formula is C28H22ClN3O6S. The average molecular weight is 564 g/mol. The first-order valence-electron chi connectivity index (χ1n) is 11.6. The predicted molar refractivity (Wildman–Crippen MR) is 144 cm³/mol. The zero-order chi connectivity index (χ0) is 27.8. The molecule has 0 saturated carbocycles. The fraction of sp³-hybridized carbons (Fsp3) is 0.0714. The maximum Gasteiger partial charge on any atom is 0.362 e. The number of nitrogens with one attached hydrogen (secondary N) is 2. The van der Waals surface area contributed by atoms with Crippen molar-refractivity contribution < 1.29 is 27.5 Å². The number of rotatable bonds is 9. The van der Waals surface area contributed by atoms with Crippen molar-refractivity contribution in [3.63, 3.8) is 0 Å². The van der Waals surface area contributed by atoms with Gasteiger partial charge in [0.1, 0.15) is 11.4 Å². The van der Waals surface area contributed by atoms with Crippen LogP contribution in [0.25, 0.3) is 0 Å². The van der Waals surface area contributed by atoms with Crippen LogP contribution < -0.4 is 14.8 Å². The molecule has 0 spiro atoms. The Morgan fingerprint density at radius 3 is 2.10 bits per heavy atom. The number of hydrogen-bond donors (Lipinski definition) is 2. The maximum atomic E-state index is 12.7. The van der Waals surface area contributed by atoms with E-state index in [-0.39, 0.29) is 22.1 Å². The van der Waals surface area contributed by atoms with E-state index >= 15 is 0 Å². The van der Waals surface area contributed by atoms with Gasteiger partial charge in [0, 0.05) is 23.3 Å². The molecule has 1 heterocycles. The summed E-state index contributed by atoms with van der Waals surface area (Å²) in [6.07, 6.45) is 1.56. The Balaban J connectivity index is 1.30. The number of benzene rings is 3. The highest BCUT2D eigenvalue weighted by Gasteiger charge is 2.20. The Hall–Kier alpha value is -4.54. The summed E-state index contributed by atoms with van der Waals surface area (Å²) in [5, 5.41) is 3.32. The molecule has 11 heteroatoms. The number of nitrogens with zero attached hydrogens (tertiary/aromatic N) is 1. The number of aromatic nitrogens is 1. The summed E-state index contributed by atoms with van der Waals surface area (Å²) in [7, 11) is -4.16. The molecule has 4 rings (SSSR count). The summed E-state index contributed by atoms with van der Waals surface area (Å²) in [4.78, 5) is 40.7. The van der Waals surface area contributed by atoms with Crippen molar-refractivity contribution in [3.8, 4) is 5.75 Å². The summed E-state index contributed by atoms with van der Waals surface area (Å²) in [5.41, 5.74) is 1.17. The number of sulfonamides is 1. The predicted octanol–water partition coefficient (Wildman–Crippen LogP) is 4.05. The van der Waals surface area contributed by atoms with E-state index in [4.69, 9.17) is 16.3 Å². The van der Waals surface area contributed by atoms with E-state index in [2.05, 4.69) is 10.3 Å². The van der Waals surface area contributed by atoms with E-state index in [0.29, 0.717) is 29.3 Å². The number of amides is 2. The van der Waals surface area contributed by atoms with Crippen LogP contribution in [-0.2, 0) is 16.4 Å². The fourth-order valence-corrected chi connectivity index (χ4v) is 4.50. The molecule has 0 unspecified atom stereocenters. The van der Waals surface area contributed by atoms with Crippen molar-refractivity contribution in [2.24, 2.45) is 0 Å². The van der Waals surface area contributed by atoms with Crippen LogP contribution in [0, 0.1) is 0 Å². The van der Waals surface area contributed by atoms with Crippen molar-refractivity contribution in [1.82, 2.24) is 15.0 Å². The molecule has 0 aliphatic rings. The molecule has 0 atom stereocenters. The van der Waals surface area contributed by atoms with Crippen LogP contribution in [0.2, 0.25) is 5.02 Å². The third-order valence-electron chi connectivity index (χ3n) is 5.45. The number of ether oxygens (including phenoxy) is 1. The van der Waals surface area contributed by atoms with E-state index in [1.54, 1.807) is 66.7 Å². The van der Waals surface area contributed by atoms with Crippen LogP contribution in [0.4, 0.5) is 0 Å². The van der Waals surface area contributed by atoms with Crippen molar-refractivity contribution in [3.05, 3.63) is 125 Å². The zero-order valence-corrected chi connectivity index (χ0v) is 21.9. The highest BCUT2D eigenvalue weighted by atomic mass is 35.5. The quantitative estimate of drug-likeness (QED) is 0.232. The highest BCUT2D eigenvalue weighted by molar-refractivity contribution is 7.90. The Morgan fingerprint density at radius 1 is 0.795 bits per heavy atom. The number of hydrogen-bond acceptors (Lipinski definition) is 7. The van der Waals surface area contributed by atoms with E-state index < -0.39 is 21.9 Å². The number of halogens is 1. The van der Waals surface area contributed by atoms with Gasteiger partial charge in [0.05, 0.1) is 10.5 Å². The van der Waals surface area contributed by atoms with Crippen LogP contribution in [0.3, 0.4) is 0 Å². The molecule has 0 fully saturated rings. The van der Waals surface area contributed by atoms with Crippen molar-refractivity contribution >= 4 is 39.4 Å². The topological polar surface area (TPSA) is 132 Å². The van der Waals surface area contributed by atoms with Gasteiger partial charge < -0.3 is 10.1 Å². The van der Waals surface area contributed by atoms with Crippen molar-refractivity contribution in [2.45, 2.75) is 11.3 Å². The minimum absolute atomic E-state index is 0.0433. The van der Waals surface area contributed by atoms with Gasteiger partial charge in [-0.15, -0.1) is 0 Å².